The molecule has 0 radical (unpaired) electrons. The second-order valence-corrected chi connectivity index (χ2v) is 9.73. The summed E-state index contributed by atoms with van der Waals surface area (Å²) in [6.07, 6.45) is 1.59. The normalized spacial score (nSPS) is 12.4. The molecule has 2 N–H and O–H groups in total. The van der Waals surface area contributed by atoms with Crippen LogP contribution in [0, 0.1) is 0 Å². The van der Waals surface area contributed by atoms with Crippen LogP contribution in [-0.4, -0.2) is 24.8 Å². The molecule has 0 aliphatic rings. The van der Waals surface area contributed by atoms with Crippen LogP contribution in [0.25, 0.3) is 0 Å². The van der Waals surface area contributed by atoms with Crippen LogP contribution in [0.15, 0.2) is 6.20 Å². The Morgan fingerprint density at radius 1 is 1.58 bits per heavy atom. The van der Waals surface area contributed by atoms with Gasteiger partial charge in [0.15, 0.2) is 0 Å². The number of nitrogens with zero attached hydrogens (tertiary/aromatic N) is 3. The van der Waals surface area contributed by atoms with E-state index >= 15 is 0 Å². The molecule has 1 heterocycles. The molecule has 0 bridgehead atoms. The van der Waals surface area contributed by atoms with E-state index in [0.717, 1.165) is 18.8 Å². The van der Waals surface area contributed by atoms with Crippen LogP contribution in [0.5, 0.6) is 0 Å². The van der Waals surface area contributed by atoms with Gasteiger partial charge in [-0.15, -0.1) is 0 Å². The zero-order valence-corrected chi connectivity index (χ0v) is 10.6. The third-order valence-electron chi connectivity index (χ3n) is 1.33. The molecule has 0 spiro atoms. The van der Waals surface area contributed by atoms with Crippen LogP contribution in [0.3, 0.4) is 0 Å². The molecule has 68 valence electrons. The molecule has 0 aromatic carbocycles. The van der Waals surface area contributed by atoms with Gasteiger partial charge in [0.25, 0.3) is 0 Å². The molecule has 0 amide bonds. The van der Waals surface area contributed by atoms with E-state index in [1.807, 2.05) is 13.8 Å². The molecule has 7 heteroatoms. The summed E-state index contributed by atoms with van der Waals surface area (Å²) >= 11 is 0.744. The Kier molecular flexibility index (Phi) is 3.00. The van der Waals surface area contributed by atoms with Gasteiger partial charge < -0.3 is 0 Å². The summed E-state index contributed by atoms with van der Waals surface area (Å²) < 4.78 is 1.61. The van der Waals surface area contributed by atoms with Gasteiger partial charge in [0, 0.05) is 0 Å². The Morgan fingerprint density at radius 3 is 2.42 bits per heavy atom. The fourth-order valence-corrected chi connectivity index (χ4v) is 1.98. The summed E-state index contributed by atoms with van der Waals surface area (Å²) in [5.74, 6) is 0. The van der Waals surface area contributed by atoms with Crippen molar-refractivity contribution < 1.29 is 28.6 Å². The van der Waals surface area contributed by atoms with Crippen molar-refractivity contribution in [2.75, 3.05) is 0 Å². The molecule has 0 saturated carbocycles. The molecule has 1 rings (SSSR count). The molecule has 0 atom stereocenters. The fraction of sp³-hybridized carbons (Fsp3) is 0.600. The van der Waals surface area contributed by atoms with E-state index in [1.165, 1.54) is 0 Å². The summed E-state index contributed by atoms with van der Waals surface area (Å²) in [6, 6.07) is 0.202. The Morgan fingerprint density at radius 2 is 2.17 bits per heavy atom. The van der Waals surface area contributed by atoms with Crippen LogP contribution >= 0.6 is 5.35 Å². The van der Waals surface area contributed by atoms with Gasteiger partial charge in [-0.3, -0.25) is 0 Å². The Labute approximate surface area is 80.7 Å². The van der Waals surface area contributed by atoms with Crippen molar-refractivity contribution >= 4 is 10.8 Å². The second kappa shape index (κ2) is 3.50. The molecular weight excluding hydrogens is 349 g/mol. The predicted octanol–water partition coefficient (Wildman–Crippen LogP) is -0.222. The maximum atomic E-state index is 9.27. The van der Waals surface area contributed by atoms with Gasteiger partial charge in [0.05, 0.1) is 0 Å². The summed E-state index contributed by atoms with van der Waals surface area (Å²) in [5, 5.41) is 4.56. The van der Waals surface area contributed by atoms with E-state index in [0.29, 0.717) is 5.44 Å². The number of rotatable bonds is 2. The van der Waals surface area contributed by atoms with Gasteiger partial charge in [-0.1, -0.05) is 0 Å². The molecule has 0 aliphatic carbocycles. The van der Waals surface area contributed by atoms with Crippen molar-refractivity contribution in [3.63, 3.8) is 0 Å². The average molecular weight is 359 g/mol. The third kappa shape index (κ3) is 2.33. The van der Waals surface area contributed by atoms with Gasteiger partial charge in [-0.05, 0) is 0 Å². The van der Waals surface area contributed by atoms with Gasteiger partial charge in [-0.2, -0.15) is 0 Å². The molecule has 12 heavy (non-hydrogen) atoms. The molecule has 0 aliphatic heterocycles. The quantitative estimate of drug-likeness (QED) is 0.717. The summed E-state index contributed by atoms with van der Waals surface area (Å²) in [4.78, 5) is 18.5. The molecule has 0 unspecified atom stereocenters. The first-order valence-electron chi connectivity index (χ1n) is 3.39. The van der Waals surface area contributed by atoms with Crippen LogP contribution in [0.2, 0.25) is 0 Å². The molecular formula is C5H10N3O2PW. The van der Waals surface area contributed by atoms with Crippen LogP contribution < -0.4 is 5.44 Å². The Bertz CT molecular complexity index is 318. The predicted molar refractivity (Wildman–Crippen MR) is 41.4 cm³/mol. The molecule has 5 nitrogen and oxygen atoms in total. The third-order valence-corrected chi connectivity index (χ3v) is 4.14. The first kappa shape index (κ1) is 10.3. The van der Waals surface area contributed by atoms with Gasteiger partial charge in [0.1, 0.15) is 0 Å². The van der Waals surface area contributed by atoms with E-state index in [9.17, 15) is 9.79 Å². The zero-order valence-electron chi connectivity index (χ0n) is 6.75. The van der Waals surface area contributed by atoms with E-state index < -0.39 is 5.35 Å². The molecule has 0 saturated heterocycles. The van der Waals surface area contributed by atoms with E-state index in [4.69, 9.17) is 0 Å². The number of hydrogen-bond acceptors (Lipinski definition) is 4. The van der Waals surface area contributed by atoms with Crippen LogP contribution in [-0.2, 0) is 18.8 Å². The van der Waals surface area contributed by atoms with Crippen molar-refractivity contribution in [2.45, 2.75) is 19.9 Å². The van der Waals surface area contributed by atoms with Crippen molar-refractivity contribution in [3.8, 4) is 0 Å². The van der Waals surface area contributed by atoms with Crippen molar-refractivity contribution in [3.05, 3.63) is 6.20 Å². The monoisotopic (exact) mass is 359 g/mol. The number of hydrogen-bond donors (Lipinski definition) is 2. The van der Waals surface area contributed by atoms with Crippen molar-refractivity contribution in [1.82, 2.24) is 15.0 Å². The molecule has 1 aromatic rings. The summed E-state index contributed by atoms with van der Waals surface area (Å²) in [5.41, 5.74) is 0.311. The minimum absolute atomic E-state index is 0.202. The first-order valence-corrected chi connectivity index (χ1v) is 8.94. The summed E-state index contributed by atoms with van der Waals surface area (Å²) in [7, 11) is 0. The standard InChI is InChI=1S/C5H10N3O2P.W/c1-4(2)8-3-5(6-7-8)11(9)10;/h3-4,9-10H,1-2H3;. The van der Waals surface area contributed by atoms with Crippen LogP contribution in [0.1, 0.15) is 19.9 Å². The average Bonchev–Trinajstić information content (AvgIpc) is 2.30. The van der Waals surface area contributed by atoms with E-state index in [2.05, 4.69) is 10.3 Å². The zero-order chi connectivity index (χ0) is 9.35. The first-order chi connectivity index (χ1) is 5.41. The Balaban J connectivity index is 3.00. The maximum absolute atomic E-state index is 9.27. The van der Waals surface area contributed by atoms with Crippen molar-refractivity contribution in [2.24, 2.45) is 0 Å². The molecule has 0 fully saturated rings. The van der Waals surface area contributed by atoms with E-state index in [1.54, 1.807) is 10.9 Å². The fourth-order valence-electron chi connectivity index (χ4n) is 0.653. The topological polar surface area (TPSA) is 71.2 Å². The van der Waals surface area contributed by atoms with E-state index in [-0.39, 0.29) is 6.04 Å². The second-order valence-electron chi connectivity index (χ2n) is 2.69. The summed E-state index contributed by atoms with van der Waals surface area (Å²) in [6.45, 7) is 3.91. The SMILES string of the molecule is CC(C)n1cc([P](O)(O)=[W])nn1. The van der Waals surface area contributed by atoms with Gasteiger partial charge in [0.2, 0.25) is 0 Å². The van der Waals surface area contributed by atoms with Gasteiger partial charge >= 0.3 is 80.5 Å². The van der Waals surface area contributed by atoms with Gasteiger partial charge in [-0.25, -0.2) is 0 Å². The minimum atomic E-state index is -2.90. The molecule has 1 aromatic heterocycles. The van der Waals surface area contributed by atoms with Crippen molar-refractivity contribution in [1.29, 1.82) is 0 Å². The number of aromatic nitrogens is 3. The Hall–Kier alpha value is 0.178. The van der Waals surface area contributed by atoms with Crippen LogP contribution in [0.4, 0.5) is 0 Å².